The maximum absolute atomic E-state index is 12.2. The lowest BCUT2D eigenvalue weighted by molar-refractivity contribution is -0.120. The molecule has 0 bridgehead atoms. The van der Waals surface area contributed by atoms with Gasteiger partial charge in [0.15, 0.2) is 0 Å². The highest BCUT2D eigenvalue weighted by Crippen LogP contribution is 2.25. The van der Waals surface area contributed by atoms with Gasteiger partial charge in [0, 0.05) is 17.3 Å². The number of hydrogen-bond donors (Lipinski definition) is 3. The van der Waals surface area contributed by atoms with Crippen molar-refractivity contribution in [3.8, 4) is 0 Å². The third kappa shape index (κ3) is 7.68. The zero-order valence-corrected chi connectivity index (χ0v) is 16.3. The summed E-state index contributed by atoms with van der Waals surface area (Å²) in [5, 5.41) is 8.01. The summed E-state index contributed by atoms with van der Waals surface area (Å²) in [4.78, 5) is 35.7. The van der Waals surface area contributed by atoms with Crippen LogP contribution in [0.4, 0.5) is 16.2 Å². The maximum atomic E-state index is 12.2. The molecule has 0 heterocycles. The molecule has 0 aromatic heterocycles. The number of ether oxygens (including phenoxy) is 1. The van der Waals surface area contributed by atoms with E-state index < -0.39 is 11.7 Å². The molecule has 0 radical (unpaired) electrons. The van der Waals surface area contributed by atoms with Gasteiger partial charge >= 0.3 is 6.09 Å². The van der Waals surface area contributed by atoms with Crippen molar-refractivity contribution in [2.75, 3.05) is 17.2 Å². The van der Waals surface area contributed by atoms with E-state index in [2.05, 4.69) is 16.0 Å². The summed E-state index contributed by atoms with van der Waals surface area (Å²) < 4.78 is 5.07. The van der Waals surface area contributed by atoms with Crippen LogP contribution in [0.2, 0.25) is 0 Å². The van der Waals surface area contributed by atoms with Gasteiger partial charge in [-0.1, -0.05) is 19.3 Å². The fraction of sp³-hybridized carbons (Fsp3) is 0.550. The number of amides is 3. The molecule has 7 nitrogen and oxygen atoms in total. The van der Waals surface area contributed by atoms with Crippen LogP contribution < -0.4 is 16.0 Å². The van der Waals surface area contributed by atoms with E-state index in [4.69, 9.17) is 4.74 Å². The highest BCUT2D eigenvalue weighted by atomic mass is 16.6. The second-order valence-electron chi connectivity index (χ2n) is 7.81. The Bertz CT molecular complexity index is 659. The smallest absolute Gasteiger partial charge is 0.408 e. The molecule has 1 aliphatic rings. The van der Waals surface area contributed by atoms with E-state index in [9.17, 15) is 14.4 Å². The molecule has 0 saturated heterocycles. The molecule has 1 aromatic carbocycles. The van der Waals surface area contributed by atoms with Crippen molar-refractivity contribution in [1.29, 1.82) is 0 Å². The van der Waals surface area contributed by atoms with Gasteiger partial charge in [0.05, 0.1) is 0 Å². The Hall–Kier alpha value is -2.57. The van der Waals surface area contributed by atoms with Gasteiger partial charge in [0.2, 0.25) is 11.8 Å². The number of carbonyl (C=O) groups excluding carboxylic acids is 3. The number of carbonyl (C=O) groups is 3. The quantitative estimate of drug-likeness (QED) is 0.731. The standard InChI is InChI=1S/C20H29N3O4/c1-20(2,3)27-19(26)21-13-17(24)22-15-9-11-16(12-10-15)23-18(25)14-7-5-4-6-8-14/h9-12,14H,4-8,13H2,1-3H3,(H,21,26)(H,22,24)(H,23,25). The van der Waals surface area contributed by atoms with Gasteiger partial charge in [0.1, 0.15) is 12.1 Å². The molecule has 3 N–H and O–H groups in total. The van der Waals surface area contributed by atoms with Crippen molar-refractivity contribution in [2.45, 2.75) is 58.5 Å². The Morgan fingerprint density at radius 3 is 2.07 bits per heavy atom. The molecule has 7 heteroatoms. The number of alkyl carbamates (subject to hydrolysis) is 1. The van der Waals surface area contributed by atoms with Crippen molar-refractivity contribution in [3.05, 3.63) is 24.3 Å². The number of benzene rings is 1. The summed E-state index contributed by atoms with van der Waals surface area (Å²) in [6.45, 7) is 5.07. The minimum absolute atomic E-state index is 0.0630. The lowest BCUT2D eigenvalue weighted by Crippen LogP contribution is -2.37. The average Bonchev–Trinajstić information content (AvgIpc) is 2.61. The minimum atomic E-state index is -0.640. The van der Waals surface area contributed by atoms with Crippen LogP contribution in [0, 0.1) is 5.92 Å². The number of hydrogen-bond acceptors (Lipinski definition) is 4. The van der Waals surface area contributed by atoms with E-state index in [1.54, 1.807) is 45.0 Å². The monoisotopic (exact) mass is 375 g/mol. The van der Waals surface area contributed by atoms with E-state index >= 15 is 0 Å². The largest absolute Gasteiger partial charge is 0.444 e. The first kappa shape index (κ1) is 20.7. The molecule has 1 aliphatic carbocycles. The topological polar surface area (TPSA) is 96.5 Å². The number of nitrogens with one attached hydrogen (secondary N) is 3. The number of anilines is 2. The fourth-order valence-electron chi connectivity index (χ4n) is 2.92. The molecule has 1 saturated carbocycles. The molecule has 2 rings (SSSR count). The van der Waals surface area contributed by atoms with Crippen LogP contribution in [-0.2, 0) is 14.3 Å². The van der Waals surface area contributed by atoms with Crippen molar-refractivity contribution >= 4 is 29.3 Å². The van der Waals surface area contributed by atoms with Crippen molar-refractivity contribution in [2.24, 2.45) is 5.92 Å². The van der Waals surface area contributed by atoms with Crippen LogP contribution >= 0.6 is 0 Å². The Labute approximate surface area is 160 Å². The van der Waals surface area contributed by atoms with Crippen LogP contribution in [0.1, 0.15) is 52.9 Å². The molecular formula is C20H29N3O4. The normalized spacial score (nSPS) is 14.9. The predicted molar refractivity (Wildman–Crippen MR) is 105 cm³/mol. The van der Waals surface area contributed by atoms with Crippen molar-refractivity contribution in [1.82, 2.24) is 5.32 Å². The average molecular weight is 375 g/mol. The summed E-state index contributed by atoms with van der Waals surface area (Å²) in [5.74, 6) is -0.204. The van der Waals surface area contributed by atoms with Crippen LogP contribution in [-0.4, -0.2) is 30.1 Å². The molecule has 0 spiro atoms. The molecule has 3 amide bonds. The minimum Gasteiger partial charge on any atom is -0.444 e. The third-order valence-corrected chi connectivity index (χ3v) is 4.20. The van der Waals surface area contributed by atoms with Gasteiger partial charge in [0.25, 0.3) is 0 Å². The molecule has 1 fully saturated rings. The molecule has 0 aliphatic heterocycles. The second-order valence-corrected chi connectivity index (χ2v) is 7.81. The summed E-state index contributed by atoms with van der Waals surface area (Å²) in [6, 6.07) is 6.92. The first-order valence-corrected chi connectivity index (χ1v) is 9.40. The zero-order valence-electron chi connectivity index (χ0n) is 16.3. The second kappa shape index (κ2) is 9.39. The third-order valence-electron chi connectivity index (χ3n) is 4.20. The summed E-state index contributed by atoms with van der Waals surface area (Å²) >= 11 is 0. The Morgan fingerprint density at radius 1 is 0.963 bits per heavy atom. The van der Waals surface area contributed by atoms with Crippen LogP contribution in [0.5, 0.6) is 0 Å². The summed E-state index contributed by atoms with van der Waals surface area (Å²) in [5.41, 5.74) is 0.676. The predicted octanol–water partition coefficient (Wildman–Crippen LogP) is 3.67. The van der Waals surface area contributed by atoms with Crippen LogP contribution in [0.15, 0.2) is 24.3 Å². The first-order chi connectivity index (χ1) is 12.7. The lowest BCUT2D eigenvalue weighted by atomic mass is 9.88. The van der Waals surface area contributed by atoms with Crippen molar-refractivity contribution in [3.63, 3.8) is 0 Å². The van der Waals surface area contributed by atoms with E-state index in [0.717, 1.165) is 25.7 Å². The van der Waals surface area contributed by atoms with Crippen LogP contribution in [0.3, 0.4) is 0 Å². The van der Waals surface area contributed by atoms with Gasteiger partial charge in [-0.3, -0.25) is 9.59 Å². The molecular weight excluding hydrogens is 346 g/mol. The summed E-state index contributed by atoms with van der Waals surface area (Å²) in [6.07, 6.45) is 4.69. The van der Waals surface area contributed by atoms with Gasteiger partial charge < -0.3 is 20.7 Å². The highest BCUT2D eigenvalue weighted by molar-refractivity contribution is 5.95. The zero-order chi connectivity index (χ0) is 19.9. The fourth-order valence-corrected chi connectivity index (χ4v) is 2.92. The van der Waals surface area contributed by atoms with Gasteiger partial charge in [-0.2, -0.15) is 0 Å². The molecule has 0 atom stereocenters. The van der Waals surface area contributed by atoms with Crippen molar-refractivity contribution < 1.29 is 19.1 Å². The summed E-state index contributed by atoms with van der Waals surface area (Å²) in [7, 11) is 0. The van der Waals surface area contributed by atoms with Gasteiger partial charge in [-0.25, -0.2) is 4.79 Å². The Balaban J connectivity index is 1.76. The van der Waals surface area contributed by atoms with E-state index in [-0.39, 0.29) is 24.3 Å². The van der Waals surface area contributed by atoms with E-state index in [1.807, 2.05) is 0 Å². The highest BCUT2D eigenvalue weighted by Gasteiger charge is 2.21. The molecule has 0 unspecified atom stereocenters. The van der Waals surface area contributed by atoms with Gasteiger partial charge in [-0.05, 0) is 57.9 Å². The molecule has 1 aromatic rings. The van der Waals surface area contributed by atoms with Crippen LogP contribution in [0.25, 0.3) is 0 Å². The Kier molecular flexibility index (Phi) is 7.21. The van der Waals surface area contributed by atoms with Gasteiger partial charge in [-0.15, -0.1) is 0 Å². The lowest BCUT2D eigenvalue weighted by Gasteiger charge is -2.20. The molecule has 148 valence electrons. The first-order valence-electron chi connectivity index (χ1n) is 9.40. The SMILES string of the molecule is CC(C)(C)OC(=O)NCC(=O)Nc1ccc(NC(=O)C2CCCCC2)cc1. The van der Waals surface area contributed by atoms with E-state index in [0.29, 0.717) is 11.4 Å². The van der Waals surface area contributed by atoms with E-state index in [1.165, 1.54) is 6.42 Å². The number of rotatable bonds is 5. The molecule has 27 heavy (non-hydrogen) atoms. The Morgan fingerprint density at radius 2 is 1.52 bits per heavy atom. The maximum Gasteiger partial charge on any atom is 0.408 e.